The molecule has 0 bridgehead atoms. The molecule has 3 aromatic rings. The maximum Gasteiger partial charge on any atom is 0.255 e. The molecule has 1 aromatic carbocycles. The van der Waals surface area contributed by atoms with Gasteiger partial charge in [-0.25, -0.2) is 14.4 Å². The molecular weight excluding hydrogens is 415 g/mol. The van der Waals surface area contributed by atoms with Crippen molar-refractivity contribution in [3.05, 3.63) is 60.2 Å². The molecule has 0 radical (unpaired) electrons. The maximum absolute atomic E-state index is 13.6. The van der Waals surface area contributed by atoms with Crippen LogP contribution < -0.4 is 15.0 Å². The summed E-state index contributed by atoms with van der Waals surface area (Å²) in [6.07, 6.45) is 4.53. The summed E-state index contributed by atoms with van der Waals surface area (Å²) < 4.78 is 18.6. The first-order chi connectivity index (χ1) is 15.5. The van der Waals surface area contributed by atoms with Gasteiger partial charge in [-0.05, 0) is 23.8 Å². The number of anilines is 1. The summed E-state index contributed by atoms with van der Waals surface area (Å²) in [5.41, 5.74) is 2.03. The number of amides is 2. The van der Waals surface area contributed by atoms with Crippen LogP contribution in [0.15, 0.2) is 43.2 Å². The number of hydrogen-bond acceptors (Lipinski definition) is 6. The number of rotatable bonds is 6. The van der Waals surface area contributed by atoms with Crippen molar-refractivity contribution in [2.24, 2.45) is 0 Å². The number of ether oxygens (including phenoxy) is 1. The summed E-state index contributed by atoms with van der Waals surface area (Å²) in [5.74, 6) is -0.118. The van der Waals surface area contributed by atoms with Gasteiger partial charge in [0.05, 0.1) is 18.9 Å². The summed E-state index contributed by atoms with van der Waals surface area (Å²) in [5, 5.41) is 2.82. The first-order valence-electron chi connectivity index (χ1n) is 10.1. The second-order valence-electron chi connectivity index (χ2n) is 7.30. The van der Waals surface area contributed by atoms with E-state index in [-0.39, 0.29) is 24.1 Å². The van der Waals surface area contributed by atoms with Crippen LogP contribution in [0.2, 0.25) is 0 Å². The van der Waals surface area contributed by atoms with Crippen LogP contribution in [0.5, 0.6) is 5.75 Å². The first kappa shape index (κ1) is 21.3. The van der Waals surface area contributed by atoms with Gasteiger partial charge in [-0.3, -0.25) is 9.59 Å². The molecule has 2 aromatic heterocycles. The number of carbonyl (C=O) groups excluding carboxylic acids is 2. The van der Waals surface area contributed by atoms with Crippen molar-refractivity contribution in [1.82, 2.24) is 25.2 Å². The molecule has 1 aliphatic heterocycles. The predicted molar refractivity (Wildman–Crippen MR) is 117 cm³/mol. The Morgan fingerprint density at radius 1 is 1.31 bits per heavy atom. The van der Waals surface area contributed by atoms with Gasteiger partial charge in [0.15, 0.2) is 17.2 Å². The lowest BCUT2D eigenvalue weighted by Gasteiger charge is -2.34. The van der Waals surface area contributed by atoms with Gasteiger partial charge in [0.1, 0.15) is 11.3 Å². The van der Waals surface area contributed by atoms with Gasteiger partial charge < -0.3 is 24.8 Å². The molecule has 32 heavy (non-hydrogen) atoms. The molecule has 0 unspecified atom stereocenters. The standard InChI is InChI=1S/C22H23FN6O3/c1-3-19(30)29-8-6-28(7-9-29)18-13-25-21-20(27-18)15(12-24-21)22(31)26-11-14-4-5-16(23)17(10-14)32-2/h3-5,10,12-13H,1,6-9,11H2,2H3,(H,24,25)(H,26,31). The highest BCUT2D eigenvalue weighted by Crippen LogP contribution is 2.21. The number of aromatic amines is 1. The molecule has 9 nitrogen and oxygen atoms in total. The first-order valence-corrected chi connectivity index (χ1v) is 10.1. The Morgan fingerprint density at radius 2 is 2.09 bits per heavy atom. The number of halogens is 1. The minimum Gasteiger partial charge on any atom is -0.494 e. The molecular formula is C22H23FN6O3. The van der Waals surface area contributed by atoms with Crippen LogP contribution in [-0.4, -0.2) is 65.0 Å². The monoisotopic (exact) mass is 438 g/mol. The summed E-state index contributed by atoms with van der Waals surface area (Å²) >= 11 is 0. The Bertz CT molecular complexity index is 1170. The van der Waals surface area contributed by atoms with Crippen LogP contribution in [0.1, 0.15) is 15.9 Å². The number of benzene rings is 1. The maximum atomic E-state index is 13.6. The van der Waals surface area contributed by atoms with Crippen molar-refractivity contribution in [2.75, 3.05) is 38.2 Å². The number of aromatic nitrogens is 3. The van der Waals surface area contributed by atoms with E-state index in [2.05, 4.69) is 26.8 Å². The van der Waals surface area contributed by atoms with Crippen molar-refractivity contribution >= 4 is 28.8 Å². The van der Waals surface area contributed by atoms with Crippen LogP contribution >= 0.6 is 0 Å². The number of carbonyl (C=O) groups is 2. The Hall–Kier alpha value is -3.95. The van der Waals surface area contributed by atoms with Gasteiger partial charge in [0, 0.05) is 38.9 Å². The fraction of sp³-hybridized carbons (Fsp3) is 0.273. The average Bonchev–Trinajstić information content (AvgIpc) is 3.26. The number of nitrogens with one attached hydrogen (secondary N) is 2. The summed E-state index contributed by atoms with van der Waals surface area (Å²) in [6, 6.07) is 4.42. The largest absolute Gasteiger partial charge is 0.494 e. The zero-order chi connectivity index (χ0) is 22.7. The lowest BCUT2D eigenvalue weighted by molar-refractivity contribution is -0.126. The van der Waals surface area contributed by atoms with Crippen molar-refractivity contribution in [1.29, 1.82) is 0 Å². The molecule has 0 atom stereocenters. The molecule has 1 aliphatic rings. The third kappa shape index (κ3) is 4.25. The van der Waals surface area contributed by atoms with E-state index in [0.717, 1.165) is 0 Å². The van der Waals surface area contributed by atoms with Gasteiger partial charge in [-0.15, -0.1) is 0 Å². The Kier molecular flexibility index (Phi) is 6.02. The fourth-order valence-electron chi connectivity index (χ4n) is 3.58. The van der Waals surface area contributed by atoms with Crippen molar-refractivity contribution < 1.29 is 18.7 Å². The number of methoxy groups -OCH3 is 1. The van der Waals surface area contributed by atoms with Gasteiger partial charge in [-0.2, -0.15) is 0 Å². The Labute approximate surface area is 183 Å². The molecule has 2 amide bonds. The molecule has 2 N–H and O–H groups in total. The normalized spacial score (nSPS) is 13.8. The van der Waals surface area contributed by atoms with Gasteiger partial charge in [-0.1, -0.05) is 12.6 Å². The van der Waals surface area contributed by atoms with Crippen molar-refractivity contribution in [2.45, 2.75) is 6.54 Å². The van der Waals surface area contributed by atoms with E-state index in [1.54, 1.807) is 29.4 Å². The highest BCUT2D eigenvalue weighted by molar-refractivity contribution is 6.04. The van der Waals surface area contributed by atoms with E-state index in [9.17, 15) is 14.0 Å². The molecule has 10 heteroatoms. The van der Waals surface area contributed by atoms with Crippen molar-refractivity contribution in [3.63, 3.8) is 0 Å². The SMILES string of the molecule is C=CC(=O)N1CCN(c2cnc3[nH]cc(C(=O)NCc4ccc(F)c(OC)c4)c3n2)CC1. The smallest absolute Gasteiger partial charge is 0.255 e. The molecule has 166 valence electrons. The minimum atomic E-state index is -0.461. The van der Waals surface area contributed by atoms with E-state index < -0.39 is 5.82 Å². The van der Waals surface area contributed by atoms with Crippen molar-refractivity contribution in [3.8, 4) is 5.75 Å². The Balaban J connectivity index is 1.47. The third-order valence-corrected chi connectivity index (χ3v) is 5.37. The fourth-order valence-corrected chi connectivity index (χ4v) is 3.58. The second-order valence-corrected chi connectivity index (χ2v) is 7.30. The van der Waals surface area contributed by atoms with E-state index >= 15 is 0 Å². The molecule has 4 rings (SSSR count). The highest BCUT2D eigenvalue weighted by Gasteiger charge is 2.22. The molecule has 1 fully saturated rings. The van der Waals surface area contributed by atoms with Crippen LogP contribution in [0.25, 0.3) is 11.2 Å². The predicted octanol–water partition coefficient (Wildman–Crippen LogP) is 1.87. The Morgan fingerprint density at radius 3 is 2.81 bits per heavy atom. The third-order valence-electron chi connectivity index (χ3n) is 5.37. The topological polar surface area (TPSA) is 103 Å². The second kappa shape index (κ2) is 9.04. The molecule has 1 saturated heterocycles. The number of H-pyrrole nitrogens is 1. The van der Waals surface area contributed by atoms with E-state index in [1.807, 2.05) is 4.90 Å². The quantitative estimate of drug-likeness (QED) is 0.570. The zero-order valence-electron chi connectivity index (χ0n) is 17.6. The summed E-state index contributed by atoms with van der Waals surface area (Å²) in [6.45, 7) is 6.07. The van der Waals surface area contributed by atoms with E-state index in [1.165, 1.54) is 19.3 Å². The number of nitrogens with zero attached hydrogens (tertiary/aromatic N) is 4. The molecule has 3 heterocycles. The summed E-state index contributed by atoms with van der Waals surface area (Å²) in [4.78, 5) is 40.3. The number of fused-ring (bicyclic) bond motifs is 1. The lowest BCUT2D eigenvalue weighted by atomic mass is 10.2. The lowest BCUT2D eigenvalue weighted by Crippen LogP contribution is -2.48. The number of hydrogen-bond donors (Lipinski definition) is 2. The highest BCUT2D eigenvalue weighted by atomic mass is 19.1. The van der Waals surface area contributed by atoms with Gasteiger partial charge in [0.25, 0.3) is 5.91 Å². The van der Waals surface area contributed by atoms with Crippen LogP contribution in [0, 0.1) is 5.82 Å². The van der Waals surface area contributed by atoms with Crippen LogP contribution in [0.4, 0.5) is 10.2 Å². The summed E-state index contributed by atoms with van der Waals surface area (Å²) in [7, 11) is 1.39. The average molecular weight is 438 g/mol. The van der Waals surface area contributed by atoms with Crippen LogP contribution in [-0.2, 0) is 11.3 Å². The van der Waals surface area contributed by atoms with E-state index in [4.69, 9.17) is 4.74 Å². The molecule has 0 saturated carbocycles. The zero-order valence-corrected chi connectivity index (χ0v) is 17.6. The van der Waals surface area contributed by atoms with Crippen LogP contribution in [0.3, 0.4) is 0 Å². The van der Waals surface area contributed by atoms with Gasteiger partial charge >= 0.3 is 0 Å². The minimum absolute atomic E-state index is 0.0884. The molecule has 0 spiro atoms. The number of piperazine rings is 1. The van der Waals surface area contributed by atoms with E-state index in [0.29, 0.717) is 54.3 Å². The van der Waals surface area contributed by atoms with Gasteiger partial charge in [0.2, 0.25) is 5.91 Å². The molecule has 0 aliphatic carbocycles.